The summed E-state index contributed by atoms with van der Waals surface area (Å²) in [6.45, 7) is 2.78. The van der Waals surface area contributed by atoms with Gasteiger partial charge in [-0.2, -0.15) is 15.8 Å². The Morgan fingerprint density at radius 2 is 1.22 bits per heavy atom. The highest BCUT2D eigenvalue weighted by molar-refractivity contribution is 7.99. The number of pyridine rings is 1. The molecule has 0 fully saturated rings. The molecule has 19 nitrogen and oxygen atoms in total. The number of aryl methyl sites for hydroxylation is 1. The van der Waals surface area contributed by atoms with Gasteiger partial charge in [-0.1, -0.05) is 47.0 Å². The van der Waals surface area contributed by atoms with Crippen molar-refractivity contribution in [3.63, 3.8) is 0 Å². The van der Waals surface area contributed by atoms with E-state index in [2.05, 4.69) is 45.2 Å². The third-order valence-corrected chi connectivity index (χ3v) is 8.72. The van der Waals surface area contributed by atoms with E-state index in [-0.39, 0.29) is 34.6 Å². The molecule has 0 atom stereocenters. The average Bonchev–Trinajstić information content (AvgIpc) is 3.19. The molecular weight excluding hydrogens is 785 g/mol. The fraction of sp³-hybridized carbons (Fsp3) is 0.250. The second-order valence-electron chi connectivity index (χ2n) is 10.1. The number of carbonyl (C=O) groups excluding carboxylic acids is 2. The van der Waals surface area contributed by atoms with Gasteiger partial charge in [0, 0.05) is 45.9 Å². The molecule has 23 heteroatoms. The highest BCUT2D eigenvalue weighted by atomic mass is 32.2. The first-order valence-electron chi connectivity index (χ1n) is 15.0. The van der Waals surface area contributed by atoms with Crippen LogP contribution >= 0.6 is 47.0 Å². The number of nitrogens with two attached hydrogens (primary N) is 2. The maximum atomic E-state index is 11.5. The molecule has 0 aliphatic heterocycles. The molecule has 5 heterocycles. The fourth-order valence-electron chi connectivity index (χ4n) is 3.64. The van der Waals surface area contributed by atoms with Crippen molar-refractivity contribution >= 4 is 93.0 Å². The molecule has 55 heavy (non-hydrogen) atoms. The van der Waals surface area contributed by atoms with E-state index in [1.807, 2.05) is 43.2 Å². The summed E-state index contributed by atoms with van der Waals surface area (Å²) in [5, 5.41) is 31.5. The normalized spacial score (nSPS) is 9.69. The molecule has 284 valence electrons. The quantitative estimate of drug-likeness (QED) is 0.163. The predicted octanol–water partition coefficient (Wildman–Crippen LogP) is 3.37. The minimum atomic E-state index is -0.257. The third-order valence-electron chi connectivity index (χ3n) is 6.47. The molecule has 0 unspecified atom stereocenters. The van der Waals surface area contributed by atoms with Gasteiger partial charge < -0.3 is 16.8 Å². The molecular formula is C32H34N16O3S4. The third kappa shape index (κ3) is 13.1. The number of hydrogen-bond donors (Lipinski definition) is 3. The van der Waals surface area contributed by atoms with Crippen LogP contribution in [0.1, 0.15) is 30.5 Å². The zero-order chi connectivity index (χ0) is 41.2. The summed E-state index contributed by atoms with van der Waals surface area (Å²) in [4.78, 5) is 66.9. The van der Waals surface area contributed by atoms with Gasteiger partial charge in [0.25, 0.3) is 5.56 Å². The van der Waals surface area contributed by atoms with Gasteiger partial charge in [0.1, 0.15) is 46.4 Å². The standard InChI is InChI=1S/2C9H10N4OS.C8H8N4OS.C6H6N4S/c1-13-7(14)3-6(10)5-4-11-9(15-2)12-8(5)13;1-6(14)13(2)8-7(4-10)5-11-9(12-8)15-3;1-5(13)11-7-6(3-9)4-10-8(12-7)14-2;1-11-6-9-3-4(2-7)5(8)10-6/h3-4H,10H2,1-2H3;5H,1-3H3;4H,1-2H3,(H,10,11,12,13);3H,1H3,(H2,8,9,10). The molecule has 0 spiro atoms. The molecule has 5 N–H and O–H groups in total. The molecule has 2 amide bonds. The van der Waals surface area contributed by atoms with Crippen LogP contribution in [0.25, 0.3) is 11.0 Å². The van der Waals surface area contributed by atoms with Crippen LogP contribution in [0.15, 0.2) is 56.3 Å². The van der Waals surface area contributed by atoms with Crippen LogP contribution in [-0.4, -0.2) is 88.3 Å². The Labute approximate surface area is 332 Å². The van der Waals surface area contributed by atoms with E-state index in [9.17, 15) is 14.4 Å². The van der Waals surface area contributed by atoms with Gasteiger partial charge in [-0.05, 0) is 25.0 Å². The number of nitrogen functional groups attached to an aromatic ring is 2. The first kappa shape index (κ1) is 45.1. The van der Waals surface area contributed by atoms with Crippen molar-refractivity contribution in [1.82, 2.24) is 44.4 Å². The number of hydrogen-bond acceptors (Lipinski definition) is 20. The van der Waals surface area contributed by atoms with Crippen LogP contribution in [-0.2, 0) is 16.6 Å². The van der Waals surface area contributed by atoms with Crippen LogP contribution in [0.2, 0.25) is 0 Å². The zero-order valence-electron chi connectivity index (χ0n) is 30.7. The summed E-state index contributed by atoms with van der Waals surface area (Å²) in [6.07, 6.45) is 13.3. The summed E-state index contributed by atoms with van der Waals surface area (Å²) in [6, 6.07) is 7.12. The van der Waals surface area contributed by atoms with Gasteiger partial charge in [-0.25, -0.2) is 39.9 Å². The van der Waals surface area contributed by atoms with Crippen molar-refractivity contribution in [2.45, 2.75) is 34.5 Å². The number of carbonyl (C=O) groups is 2. The molecule has 5 rings (SSSR count). The Kier molecular flexibility index (Phi) is 18.2. The zero-order valence-corrected chi connectivity index (χ0v) is 34.0. The molecule has 5 aromatic rings. The van der Waals surface area contributed by atoms with Gasteiger partial charge in [0.2, 0.25) is 11.8 Å². The van der Waals surface area contributed by atoms with Gasteiger partial charge >= 0.3 is 0 Å². The topological polar surface area (TPSA) is 298 Å². The van der Waals surface area contributed by atoms with E-state index in [0.717, 1.165) is 0 Å². The van der Waals surface area contributed by atoms with Crippen LogP contribution in [0, 0.1) is 34.0 Å². The summed E-state index contributed by atoms with van der Waals surface area (Å²) >= 11 is 5.52. The molecule has 0 aromatic carbocycles. The lowest BCUT2D eigenvalue weighted by molar-refractivity contribution is -0.116. The number of nitrogens with one attached hydrogen (secondary N) is 1. The largest absolute Gasteiger partial charge is 0.398 e. The smallest absolute Gasteiger partial charge is 0.253 e. The van der Waals surface area contributed by atoms with Gasteiger partial charge in [-0.15, -0.1) is 0 Å². The first-order chi connectivity index (χ1) is 26.2. The lowest BCUT2D eigenvalue weighted by Gasteiger charge is -2.14. The second kappa shape index (κ2) is 22.2. The molecule has 0 radical (unpaired) electrons. The predicted molar refractivity (Wildman–Crippen MR) is 214 cm³/mol. The molecule has 0 bridgehead atoms. The van der Waals surface area contributed by atoms with E-state index in [4.69, 9.17) is 27.3 Å². The van der Waals surface area contributed by atoms with E-state index >= 15 is 0 Å². The first-order valence-corrected chi connectivity index (χ1v) is 19.9. The van der Waals surface area contributed by atoms with Gasteiger partial charge in [0.05, 0.1) is 24.0 Å². The monoisotopic (exact) mass is 818 g/mol. The van der Waals surface area contributed by atoms with Gasteiger partial charge in [-0.3, -0.25) is 23.9 Å². The van der Waals surface area contributed by atoms with Crippen molar-refractivity contribution in [3.05, 3.63) is 57.9 Å². The summed E-state index contributed by atoms with van der Waals surface area (Å²) in [7, 11) is 3.25. The van der Waals surface area contributed by atoms with Crippen molar-refractivity contribution in [2.24, 2.45) is 7.05 Å². The maximum absolute atomic E-state index is 11.5. The summed E-state index contributed by atoms with van der Waals surface area (Å²) in [5.74, 6) is 0.431. The highest BCUT2D eigenvalue weighted by Gasteiger charge is 2.14. The average molecular weight is 819 g/mol. The highest BCUT2D eigenvalue weighted by Crippen LogP contribution is 2.20. The number of amides is 2. The number of nitriles is 3. The number of fused-ring (bicyclic) bond motifs is 1. The number of thioether (sulfide) groups is 4. The Hall–Kier alpha value is -6.06. The van der Waals surface area contributed by atoms with E-state index in [1.165, 1.54) is 95.0 Å². The van der Waals surface area contributed by atoms with Gasteiger partial charge in [0.15, 0.2) is 32.3 Å². The van der Waals surface area contributed by atoms with Crippen molar-refractivity contribution in [3.8, 4) is 18.2 Å². The van der Waals surface area contributed by atoms with E-state index in [1.54, 1.807) is 20.3 Å². The maximum Gasteiger partial charge on any atom is 0.253 e. The van der Waals surface area contributed by atoms with Crippen molar-refractivity contribution in [1.29, 1.82) is 15.8 Å². The molecule has 0 saturated carbocycles. The molecule has 0 aliphatic carbocycles. The molecule has 5 aromatic heterocycles. The Balaban J connectivity index is 0.000000255. The number of rotatable bonds is 6. The van der Waals surface area contributed by atoms with Crippen LogP contribution in [0.4, 0.5) is 23.1 Å². The molecule has 0 saturated heterocycles. The van der Waals surface area contributed by atoms with Crippen molar-refractivity contribution in [2.75, 3.05) is 53.8 Å². The van der Waals surface area contributed by atoms with Crippen LogP contribution < -0.4 is 27.2 Å². The summed E-state index contributed by atoms with van der Waals surface area (Å²) in [5.41, 5.74) is 12.8. The molecule has 0 aliphatic rings. The number of anilines is 4. The second-order valence-corrected chi connectivity index (χ2v) is 13.1. The Morgan fingerprint density at radius 3 is 1.71 bits per heavy atom. The van der Waals surface area contributed by atoms with E-state index < -0.39 is 0 Å². The lowest BCUT2D eigenvalue weighted by atomic mass is 10.3. The number of aromatic nitrogens is 9. The Morgan fingerprint density at radius 1 is 0.745 bits per heavy atom. The van der Waals surface area contributed by atoms with Crippen molar-refractivity contribution < 1.29 is 9.59 Å². The Bertz CT molecular complexity index is 2360. The minimum absolute atomic E-state index is 0.161. The number of nitrogens with zero attached hydrogens (tertiary/aromatic N) is 13. The minimum Gasteiger partial charge on any atom is -0.398 e. The van der Waals surface area contributed by atoms with Crippen LogP contribution in [0.5, 0.6) is 0 Å². The fourth-order valence-corrected chi connectivity index (χ4v) is 5.00. The summed E-state index contributed by atoms with van der Waals surface area (Å²) < 4.78 is 1.47. The SMILES string of the molecule is CSc1ncc(C#N)c(N(C)C(C)=O)n1.CSc1ncc(C#N)c(N)n1.CSc1ncc(C#N)c(NC(C)=O)n1.CSc1ncc2c(N)cc(=O)n(C)c2n1. The lowest BCUT2D eigenvalue weighted by Crippen LogP contribution is -2.25. The van der Waals surface area contributed by atoms with Crippen LogP contribution in [0.3, 0.4) is 0 Å². The van der Waals surface area contributed by atoms with E-state index in [0.29, 0.717) is 54.3 Å².